The molecule has 0 aliphatic carbocycles. The van der Waals surface area contributed by atoms with Gasteiger partial charge in [-0.25, -0.2) is 15.0 Å². The van der Waals surface area contributed by atoms with Crippen molar-refractivity contribution < 1.29 is 0 Å². The Morgan fingerprint density at radius 3 is 1.84 bits per heavy atom. The standard InChI is InChI=1S/C44H26N4S/c1-2-8-31-24-33(17-12-27(31)6-1)43-46-42(30-15-13-29(14-16-30)36-11-5-9-28-7-3-4-10-35(28)36)47-44(48-43)34-19-20-37-32(25-34)18-21-38-39-26-45-23-22-40(39)49-41(37)38/h1-26H. The Balaban J connectivity index is 1.12. The molecule has 0 N–H and O–H groups in total. The van der Waals surface area contributed by atoms with Gasteiger partial charge in [0.25, 0.3) is 0 Å². The molecule has 0 amide bonds. The fourth-order valence-electron chi connectivity index (χ4n) is 6.91. The van der Waals surface area contributed by atoms with E-state index in [4.69, 9.17) is 15.0 Å². The molecule has 49 heavy (non-hydrogen) atoms. The summed E-state index contributed by atoms with van der Waals surface area (Å²) < 4.78 is 2.52. The lowest BCUT2D eigenvalue weighted by molar-refractivity contribution is 1.08. The van der Waals surface area contributed by atoms with Gasteiger partial charge in [0.05, 0.1) is 0 Å². The molecule has 4 nitrogen and oxygen atoms in total. The Morgan fingerprint density at radius 1 is 0.388 bits per heavy atom. The maximum atomic E-state index is 5.09. The van der Waals surface area contributed by atoms with Crippen LogP contribution in [0, 0.1) is 0 Å². The van der Waals surface area contributed by atoms with Gasteiger partial charge in [0, 0.05) is 49.3 Å². The average Bonchev–Trinajstić information content (AvgIpc) is 3.56. The monoisotopic (exact) mass is 642 g/mol. The van der Waals surface area contributed by atoms with Gasteiger partial charge in [0.2, 0.25) is 0 Å². The van der Waals surface area contributed by atoms with Gasteiger partial charge in [-0.15, -0.1) is 11.3 Å². The van der Waals surface area contributed by atoms with Gasteiger partial charge in [-0.3, -0.25) is 4.98 Å². The molecule has 0 aliphatic heterocycles. The van der Waals surface area contributed by atoms with Crippen molar-refractivity contribution >= 4 is 63.8 Å². The summed E-state index contributed by atoms with van der Waals surface area (Å²) in [7, 11) is 0. The molecule has 0 fully saturated rings. The number of benzene rings is 7. The van der Waals surface area contributed by atoms with Crippen LogP contribution in [0.5, 0.6) is 0 Å². The lowest BCUT2D eigenvalue weighted by atomic mass is 9.97. The molecule has 0 saturated carbocycles. The normalized spacial score (nSPS) is 11.7. The van der Waals surface area contributed by atoms with Crippen LogP contribution >= 0.6 is 11.3 Å². The van der Waals surface area contributed by atoms with Crippen LogP contribution in [-0.4, -0.2) is 19.9 Å². The smallest absolute Gasteiger partial charge is 0.164 e. The topological polar surface area (TPSA) is 51.6 Å². The van der Waals surface area contributed by atoms with Crippen molar-refractivity contribution in [1.29, 1.82) is 0 Å². The minimum Gasteiger partial charge on any atom is -0.264 e. The molecule has 0 unspecified atom stereocenters. The molecule has 5 heteroatoms. The predicted octanol–water partition coefficient (Wildman–Crippen LogP) is 11.8. The molecule has 7 aromatic carbocycles. The zero-order chi connectivity index (χ0) is 32.3. The van der Waals surface area contributed by atoms with Crippen LogP contribution in [0.2, 0.25) is 0 Å². The lowest BCUT2D eigenvalue weighted by Crippen LogP contribution is -2.00. The van der Waals surface area contributed by atoms with E-state index in [-0.39, 0.29) is 0 Å². The molecule has 3 aromatic heterocycles. The van der Waals surface area contributed by atoms with E-state index in [9.17, 15) is 0 Å². The Morgan fingerprint density at radius 2 is 1.00 bits per heavy atom. The van der Waals surface area contributed by atoms with E-state index in [0.29, 0.717) is 17.5 Å². The van der Waals surface area contributed by atoms with Crippen LogP contribution in [0.15, 0.2) is 158 Å². The fraction of sp³-hybridized carbons (Fsp3) is 0. The van der Waals surface area contributed by atoms with E-state index >= 15 is 0 Å². The first-order valence-corrected chi connectivity index (χ1v) is 17.1. The highest BCUT2D eigenvalue weighted by atomic mass is 32.1. The number of nitrogens with zero attached hydrogens (tertiary/aromatic N) is 4. The summed E-state index contributed by atoms with van der Waals surface area (Å²) in [6, 6.07) is 51.3. The van der Waals surface area contributed by atoms with E-state index < -0.39 is 0 Å². The number of aromatic nitrogens is 4. The van der Waals surface area contributed by atoms with Crippen molar-refractivity contribution in [3.63, 3.8) is 0 Å². The van der Waals surface area contributed by atoms with Crippen molar-refractivity contribution in [3.05, 3.63) is 158 Å². The van der Waals surface area contributed by atoms with E-state index in [0.717, 1.165) is 33.0 Å². The van der Waals surface area contributed by atoms with Crippen molar-refractivity contribution in [1.82, 2.24) is 19.9 Å². The third-order valence-corrected chi connectivity index (χ3v) is 10.6. The maximum absolute atomic E-state index is 5.09. The van der Waals surface area contributed by atoms with E-state index in [1.54, 1.807) is 0 Å². The molecule has 0 atom stereocenters. The Hall–Kier alpha value is -6.30. The Bertz CT molecular complexity index is 2890. The first kappa shape index (κ1) is 27.8. The van der Waals surface area contributed by atoms with Gasteiger partial charge in [0.1, 0.15) is 0 Å². The van der Waals surface area contributed by atoms with Crippen LogP contribution < -0.4 is 0 Å². The molecule has 3 heterocycles. The average molecular weight is 643 g/mol. The van der Waals surface area contributed by atoms with Crippen molar-refractivity contribution in [3.8, 4) is 45.3 Å². The van der Waals surface area contributed by atoms with Crippen molar-refractivity contribution in [2.24, 2.45) is 0 Å². The number of hydrogen-bond acceptors (Lipinski definition) is 5. The maximum Gasteiger partial charge on any atom is 0.164 e. The highest BCUT2D eigenvalue weighted by Gasteiger charge is 2.15. The number of pyridine rings is 1. The summed E-state index contributed by atoms with van der Waals surface area (Å²) in [6.07, 6.45) is 3.82. The molecular formula is C44H26N4S. The minimum atomic E-state index is 0.644. The summed E-state index contributed by atoms with van der Waals surface area (Å²) in [5.74, 6) is 1.94. The second-order valence-corrected chi connectivity index (χ2v) is 13.4. The van der Waals surface area contributed by atoms with Crippen LogP contribution in [0.3, 0.4) is 0 Å². The predicted molar refractivity (Wildman–Crippen MR) is 205 cm³/mol. The van der Waals surface area contributed by atoms with Gasteiger partial charge in [-0.2, -0.15) is 0 Å². The number of rotatable bonds is 4. The highest BCUT2D eigenvalue weighted by Crippen LogP contribution is 2.39. The van der Waals surface area contributed by atoms with Crippen molar-refractivity contribution in [2.75, 3.05) is 0 Å². The molecule has 0 aliphatic rings. The molecule has 0 saturated heterocycles. The molecule has 0 bridgehead atoms. The zero-order valence-electron chi connectivity index (χ0n) is 26.2. The highest BCUT2D eigenvalue weighted by molar-refractivity contribution is 7.26. The van der Waals surface area contributed by atoms with Gasteiger partial charge in [0.15, 0.2) is 17.5 Å². The number of hydrogen-bond donors (Lipinski definition) is 0. The van der Waals surface area contributed by atoms with E-state index in [2.05, 4.69) is 151 Å². The Kier molecular flexibility index (Phi) is 6.32. The summed E-state index contributed by atoms with van der Waals surface area (Å²) in [5, 5.41) is 9.60. The third kappa shape index (κ3) is 4.74. The largest absolute Gasteiger partial charge is 0.264 e. The second-order valence-electron chi connectivity index (χ2n) is 12.3. The molecular weight excluding hydrogens is 617 g/mol. The zero-order valence-corrected chi connectivity index (χ0v) is 27.0. The summed E-state index contributed by atoms with van der Waals surface area (Å²) in [6.45, 7) is 0. The van der Waals surface area contributed by atoms with Gasteiger partial charge in [-0.05, 0) is 61.6 Å². The minimum absolute atomic E-state index is 0.644. The quantitative estimate of drug-likeness (QED) is 0.192. The van der Waals surface area contributed by atoms with Crippen LogP contribution in [0.4, 0.5) is 0 Å². The summed E-state index contributed by atoms with van der Waals surface area (Å²) in [4.78, 5) is 19.6. The molecule has 10 rings (SSSR count). The molecule has 0 radical (unpaired) electrons. The number of thiophene rings is 1. The SMILES string of the molecule is c1ccc2cc(-c3nc(-c4ccc(-c5cccc6ccccc56)cc4)nc(-c4ccc5c(ccc6c7cnccc7sc56)c4)n3)ccc2c1. The van der Waals surface area contributed by atoms with Gasteiger partial charge >= 0.3 is 0 Å². The van der Waals surface area contributed by atoms with E-state index in [1.807, 2.05) is 23.7 Å². The van der Waals surface area contributed by atoms with Crippen LogP contribution in [-0.2, 0) is 0 Å². The van der Waals surface area contributed by atoms with E-state index in [1.165, 1.54) is 47.3 Å². The second kappa shape index (κ2) is 11.2. The van der Waals surface area contributed by atoms with Crippen LogP contribution in [0.1, 0.15) is 0 Å². The molecule has 0 spiro atoms. The summed E-state index contributed by atoms with van der Waals surface area (Å²) in [5.41, 5.74) is 5.21. The Labute approximate surface area is 286 Å². The fourth-order valence-corrected chi connectivity index (χ4v) is 8.12. The first-order chi connectivity index (χ1) is 24.2. The van der Waals surface area contributed by atoms with Crippen molar-refractivity contribution in [2.45, 2.75) is 0 Å². The first-order valence-electron chi connectivity index (χ1n) is 16.3. The summed E-state index contributed by atoms with van der Waals surface area (Å²) >= 11 is 1.81. The number of fused-ring (bicyclic) bond motifs is 7. The van der Waals surface area contributed by atoms with Gasteiger partial charge < -0.3 is 0 Å². The third-order valence-electron chi connectivity index (χ3n) is 9.40. The van der Waals surface area contributed by atoms with Crippen LogP contribution in [0.25, 0.3) is 97.8 Å². The lowest BCUT2D eigenvalue weighted by Gasteiger charge is -2.11. The van der Waals surface area contributed by atoms with Gasteiger partial charge in [-0.1, -0.05) is 127 Å². The molecule has 228 valence electrons. The molecule has 10 aromatic rings.